The van der Waals surface area contributed by atoms with Gasteiger partial charge >= 0.3 is 5.97 Å². The second-order valence-electron chi connectivity index (χ2n) is 8.71. The number of para-hydroxylation sites is 1. The number of nitrogens with zero attached hydrogens (tertiary/aromatic N) is 2. The van der Waals surface area contributed by atoms with Crippen molar-refractivity contribution in [3.8, 4) is 5.75 Å². The minimum atomic E-state index is -0.390. The summed E-state index contributed by atoms with van der Waals surface area (Å²) < 4.78 is 21.3. The Morgan fingerprint density at radius 1 is 1.22 bits per heavy atom. The molecule has 0 unspecified atom stereocenters. The van der Waals surface area contributed by atoms with Crippen LogP contribution >= 0.6 is 23.1 Å². The highest BCUT2D eigenvalue weighted by molar-refractivity contribution is 8.00. The number of benzene rings is 2. The lowest BCUT2D eigenvalue weighted by Gasteiger charge is -2.02. The number of rotatable bonds is 8. The van der Waals surface area contributed by atoms with Crippen LogP contribution in [0, 0.1) is 11.7 Å². The van der Waals surface area contributed by atoms with E-state index in [4.69, 9.17) is 4.74 Å². The van der Waals surface area contributed by atoms with Gasteiger partial charge in [0, 0.05) is 40.6 Å². The smallest absolute Gasteiger partial charge is 0.321 e. The third-order valence-corrected chi connectivity index (χ3v) is 7.85. The maximum absolute atomic E-state index is 13.9. The molecule has 3 aromatic heterocycles. The van der Waals surface area contributed by atoms with Crippen LogP contribution < -0.4 is 10.1 Å². The maximum atomic E-state index is 13.9. The lowest BCUT2D eigenvalue weighted by Crippen LogP contribution is -2.12. The number of halogens is 1. The van der Waals surface area contributed by atoms with Crippen molar-refractivity contribution < 1.29 is 18.7 Å². The van der Waals surface area contributed by atoms with Gasteiger partial charge in [0.25, 0.3) is 5.91 Å². The van der Waals surface area contributed by atoms with Crippen LogP contribution in [0.5, 0.6) is 5.75 Å². The summed E-state index contributed by atoms with van der Waals surface area (Å²) in [7, 11) is 0. The Balaban J connectivity index is 1.10. The summed E-state index contributed by atoms with van der Waals surface area (Å²) in [5.74, 6) is 0.139. The van der Waals surface area contributed by atoms with Crippen LogP contribution in [0.4, 0.5) is 9.52 Å². The third kappa shape index (κ3) is 4.74. The molecule has 1 aliphatic carbocycles. The van der Waals surface area contributed by atoms with Crippen molar-refractivity contribution in [2.24, 2.45) is 5.92 Å². The van der Waals surface area contributed by atoms with Crippen molar-refractivity contribution in [1.29, 1.82) is 0 Å². The second kappa shape index (κ2) is 9.44. The number of H-pyrrole nitrogens is 1. The summed E-state index contributed by atoms with van der Waals surface area (Å²) in [6, 6.07) is 12.1. The average Bonchev–Trinajstić information content (AvgIpc) is 3.26. The number of anilines is 1. The van der Waals surface area contributed by atoms with Crippen molar-refractivity contribution in [2.75, 3.05) is 11.1 Å². The fourth-order valence-corrected chi connectivity index (χ4v) is 5.66. The van der Waals surface area contributed by atoms with Crippen molar-refractivity contribution >= 4 is 61.9 Å². The SMILES string of the molecule is O=C(CSc1csc(NC(=O)c2cn(CC3CC3)c3cc(F)ccc23)n1)Oc1c[nH]c2ccccc12. The number of amides is 1. The molecule has 0 saturated heterocycles. The zero-order valence-corrected chi connectivity index (χ0v) is 20.6. The molecule has 0 aliphatic heterocycles. The molecule has 6 rings (SSSR count). The molecule has 2 aromatic carbocycles. The Morgan fingerprint density at radius 2 is 2.08 bits per heavy atom. The molecule has 0 spiro atoms. The molecule has 10 heteroatoms. The van der Waals surface area contributed by atoms with Gasteiger partial charge in [-0.15, -0.1) is 11.3 Å². The van der Waals surface area contributed by atoms with Crippen LogP contribution in [-0.2, 0) is 11.3 Å². The monoisotopic (exact) mass is 520 g/mol. The minimum Gasteiger partial charge on any atom is -0.424 e. The molecular formula is C26H21FN4O3S2. The first-order valence-electron chi connectivity index (χ1n) is 11.5. The highest BCUT2D eigenvalue weighted by Crippen LogP contribution is 2.34. The largest absolute Gasteiger partial charge is 0.424 e. The van der Waals surface area contributed by atoms with Crippen LogP contribution in [0.1, 0.15) is 23.2 Å². The van der Waals surface area contributed by atoms with E-state index in [-0.39, 0.29) is 23.4 Å². The van der Waals surface area contributed by atoms with Crippen molar-refractivity contribution in [3.63, 3.8) is 0 Å². The summed E-state index contributed by atoms with van der Waals surface area (Å²) in [5, 5.41) is 7.22. The van der Waals surface area contributed by atoms with Crippen molar-refractivity contribution in [1.82, 2.24) is 14.5 Å². The molecular weight excluding hydrogens is 499 g/mol. The van der Waals surface area contributed by atoms with E-state index in [1.165, 1.54) is 35.2 Å². The van der Waals surface area contributed by atoms with Crippen LogP contribution in [0.15, 0.2) is 65.3 Å². The number of hydrogen-bond acceptors (Lipinski definition) is 6. The van der Waals surface area contributed by atoms with Gasteiger partial charge < -0.3 is 14.3 Å². The molecule has 182 valence electrons. The first-order chi connectivity index (χ1) is 17.5. The van der Waals surface area contributed by atoms with Crippen LogP contribution in [-0.4, -0.2) is 32.2 Å². The summed E-state index contributed by atoms with van der Waals surface area (Å²) in [6.07, 6.45) is 5.78. The average molecular weight is 521 g/mol. The predicted octanol–water partition coefficient (Wildman–Crippen LogP) is 6.08. The van der Waals surface area contributed by atoms with Gasteiger partial charge in [-0.25, -0.2) is 9.37 Å². The van der Waals surface area contributed by atoms with E-state index >= 15 is 0 Å². The Labute approximate surface area is 213 Å². The van der Waals surface area contributed by atoms with E-state index < -0.39 is 0 Å². The van der Waals surface area contributed by atoms with E-state index in [2.05, 4.69) is 15.3 Å². The molecule has 1 fully saturated rings. The number of esters is 1. The summed E-state index contributed by atoms with van der Waals surface area (Å²) >= 11 is 2.52. The van der Waals surface area contributed by atoms with Gasteiger partial charge in [-0.1, -0.05) is 23.9 Å². The molecule has 1 amide bonds. The molecule has 36 heavy (non-hydrogen) atoms. The number of ether oxygens (including phenoxy) is 1. The lowest BCUT2D eigenvalue weighted by molar-refractivity contribution is -0.131. The third-order valence-electron chi connectivity index (χ3n) is 6.06. The highest BCUT2D eigenvalue weighted by Gasteiger charge is 2.24. The van der Waals surface area contributed by atoms with E-state index in [0.717, 1.165) is 35.8 Å². The first kappa shape index (κ1) is 22.8. The van der Waals surface area contributed by atoms with E-state index in [1.807, 2.05) is 28.8 Å². The summed E-state index contributed by atoms with van der Waals surface area (Å²) in [5.41, 5.74) is 2.10. The standard InChI is InChI=1S/C26H21FN4O3S2/c27-16-7-8-17-19(12-31(21(17)9-16)11-15-5-6-15)25(33)30-26-29-23(13-36-26)35-14-24(32)34-22-10-28-20-4-2-1-3-18(20)22/h1-4,7-10,12-13,15,28H,5-6,11,14H2,(H,29,30,33). The number of carbonyl (C=O) groups excluding carboxylic acids is 2. The number of thioether (sulfide) groups is 1. The number of thiazole rings is 1. The number of carbonyl (C=O) groups is 2. The molecule has 5 aromatic rings. The van der Waals surface area contributed by atoms with Gasteiger partial charge in [0.2, 0.25) is 0 Å². The fourth-order valence-electron chi connectivity index (χ4n) is 4.14. The Morgan fingerprint density at radius 3 is 2.94 bits per heavy atom. The highest BCUT2D eigenvalue weighted by atomic mass is 32.2. The Hall–Kier alpha value is -3.63. The molecule has 2 N–H and O–H groups in total. The fraction of sp³-hybridized carbons (Fsp3) is 0.192. The Kier molecular flexibility index (Phi) is 5.98. The van der Waals surface area contributed by atoms with Gasteiger partial charge in [0.05, 0.1) is 16.8 Å². The number of nitrogens with one attached hydrogen (secondary N) is 2. The number of aromatic amines is 1. The quantitative estimate of drug-likeness (QED) is 0.191. The van der Waals surface area contributed by atoms with Gasteiger partial charge in [-0.05, 0) is 49.1 Å². The normalized spacial score (nSPS) is 13.4. The van der Waals surface area contributed by atoms with Crippen molar-refractivity contribution in [3.05, 3.63) is 71.6 Å². The topological polar surface area (TPSA) is 89.0 Å². The molecule has 7 nitrogen and oxygen atoms in total. The molecule has 1 aliphatic rings. The number of fused-ring (bicyclic) bond motifs is 2. The van der Waals surface area contributed by atoms with E-state index in [1.54, 1.807) is 23.8 Å². The van der Waals surface area contributed by atoms with Crippen molar-refractivity contribution in [2.45, 2.75) is 24.4 Å². The van der Waals surface area contributed by atoms with E-state index in [0.29, 0.717) is 32.8 Å². The maximum Gasteiger partial charge on any atom is 0.321 e. The van der Waals surface area contributed by atoms with Crippen LogP contribution in [0.25, 0.3) is 21.8 Å². The molecule has 0 bridgehead atoms. The first-order valence-corrected chi connectivity index (χ1v) is 13.3. The van der Waals surface area contributed by atoms with Gasteiger partial charge in [0.1, 0.15) is 10.8 Å². The van der Waals surface area contributed by atoms with Gasteiger partial charge in [-0.2, -0.15) is 0 Å². The summed E-state index contributed by atoms with van der Waals surface area (Å²) in [6.45, 7) is 0.778. The second-order valence-corrected chi connectivity index (χ2v) is 10.6. The molecule has 3 heterocycles. The van der Waals surface area contributed by atoms with E-state index in [9.17, 15) is 14.0 Å². The zero-order valence-electron chi connectivity index (χ0n) is 19.0. The number of aromatic nitrogens is 3. The number of hydrogen-bond donors (Lipinski definition) is 2. The molecule has 0 atom stereocenters. The Bertz CT molecular complexity index is 1600. The summed E-state index contributed by atoms with van der Waals surface area (Å²) in [4.78, 5) is 32.9. The van der Waals surface area contributed by atoms with Crippen LogP contribution in [0.3, 0.4) is 0 Å². The molecule has 0 radical (unpaired) electrons. The predicted molar refractivity (Wildman–Crippen MR) is 139 cm³/mol. The van der Waals surface area contributed by atoms with Gasteiger partial charge in [-0.3, -0.25) is 14.9 Å². The molecule has 1 saturated carbocycles. The van der Waals surface area contributed by atoms with Crippen LogP contribution in [0.2, 0.25) is 0 Å². The zero-order chi connectivity index (χ0) is 24.6. The lowest BCUT2D eigenvalue weighted by atomic mass is 10.1. The minimum absolute atomic E-state index is 0.0802. The van der Waals surface area contributed by atoms with Gasteiger partial charge in [0.15, 0.2) is 10.9 Å².